The molecule has 27 heavy (non-hydrogen) atoms. The topological polar surface area (TPSA) is 80.5 Å². The maximum Gasteiger partial charge on any atom is 0.224 e. The molecule has 2 aliphatic carbocycles. The second-order valence-corrected chi connectivity index (χ2v) is 10.5. The molecule has 2 unspecified atom stereocenters. The molecule has 0 radical (unpaired) electrons. The van der Waals surface area contributed by atoms with Gasteiger partial charge >= 0.3 is 0 Å². The molecule has 0 aliphatic heterocycles. The average Bonchev–Trinajstić information content (AvgIpc) is 3.33. The lowest BCUT2D eigenvalue weighted by atomic mass is 9.92. The monoisotopic (exact) mass is 414 g/mol. The quantitative estimate of drug-likeness (QED) is 0.390. The summed E-state index contributed by atoms with van der Waals surface area (Å²) in [6, 6.07) is 0. The predicted molar refractivity (Wildman–Crippen MR) is 114 cm³/mol. The van der Waals surface area contributed by atoms with Crippen molar-refractivity contribution in [3.8, 4) is 0 Å². The van der Waals surface area contributed by atoms with Crippen LogP contribution in [0.15, 0.2) is 0 Å². The summed E-state index contributed by atoms with van der Waals surface area (Å²) in [7, 11) is 3.68. The minimum Gasteiger partial charge on any atom is -0.330 e. The fourth-order valence-electron chi connectivity index (χ4n) is 4.26. The molecule has 1 amide bonds. The van der Waals surface area contributed by atoms with Crippen LogP contribution in [0.5, 0.6) is 0 Å². The molecule has 2 saturated carbocycles. The maximum atomic E-state index is 13.0. The highest BCUT2D eigenvalue weighted by molar-refractivity contribution is 8.76. The van der Waals surface area contributed by atoms with Gasteiger partial charge in [-0.15, -0.1) is 0 Å². The Morgan fingerprint density at radius 3 is 2.33 bits per heavy atom. The standard InChI is InChI=1S/C20H34N2O3S2/c1-2-26-27-14-16-8-5-9-17(16)19(24)13-22(20(25)10-11-21)12-18(23)15-6-3-4-7-15/h15-17H,2-14,21H2,1H3. The van der Waals surface area contributed by atoms with Gasteiger partial charge in [-0.2, -0.15) is 0 Å². The number of amides is 1. The maximum absolute atomic E-state index is 13.0. The van der Waals surface area contributed by atoms with E-state index in [2.05, 4.69) is 6.92 Å². The first kappa shape index (κ1) is 22.8. The van der Waals surface area contributed by atoms with E-state index in [1.54, 1.807) is 0 Å². The highest BCUT2D eigenvalue weighted by Gasteiger charge is 2.35. The fourth-order valence-corrected chi connectivity index (χ4v) is 6.41. The number of nitrogens with zero attached hydrogens (tertiary/aromatic N) is 1. The summed E-state index contributed by atoms with van der Waals surface area (Å²) in [4.78, 5) is 39.5. The van der Waals surface area contributed by atoms with Gasteiger partial charge in [-0.3, -0.25) is 14.4 Å². The number of ketones is 2. The van der Waals surface area contributed by atoms with Crippen molar-refractivity contribution < 1.29 is 14.4 Å². The van der Waals surface area contributed by atoms with Crippen LogP contribution in [0.3, 0.4) is 0 Å². The van der Waals surface area contributed by atoms with E-state index in [0.29, 0.717) is 5.92 Å². The van der Waals surface area contributed by atoms with E-state index >= 15 is 0 Å². The van der Waals surface area contributed by atoms with Crippen LogP contribution in [0.1, 0.15) is 58.3 Å². The fraction of sp³-hybridized carbons (Fsp3) is 0.850. The van der Waals surface area contributed by atoms with Crippen LogP contribution < -0.4 is 5.73 Å². The Morgan fingerprint density at radius 2 is 1.67 bits per heavy atom. The molecule has 0 aromatic heterocycles. The van der Waals surface area contributed by atoms with Gasteiger partial charge in [0.25, 0.3) is 0 Å². The number of hydrogen-bond acceptors (Lipinski definition) is 6. The minimum atomic E-state index is -0.164. The van der Waals surface area contributed by atoms with E-state index < -0.39 is 0 Å². The molecule has 0 spiro atoms. The van der Waals surface area contributed by atoms with Gasteiger partial charge in [-0.1, -0.05) is 47.8 Å². The third-order valence-corrected chi connectivity index (χ3v) is 8.35. The van der Waals surface area contributed by atoms with Crippen molar-refractivity contribution in [2.75, 3.05) is 31.1 Å². The number of carbonyl (C=O) groups excluding carboxylic acids is 3. The van der Waals surface area contributed by atoms with Gasteiger partial charge in [0.1, 0.15) is 0 Å². The van der Waals surface area contributed by atoms with Crippen molar-refractivity contribution in [1.29, 1.82) is 0 Å². The summed E-state index contributed by atoms with van der Waals surface area (Å²) in [6.07, 6.45) is 7.29. The normalized spacial score (nSPS) is 22.9. The summed E-state index contributed by atoms with van der Waals surface area (Å²) >= 11 is 0. The van der Waals surface area contributed by atoms with E-state index in [9.17, 15) is 14.4 Å². The third-order valence-electron chi connectivity index (χ3n) is 5.77. The molecule has 2 rings (SSSR count). The summed E-state index contributed by atoms with van der Waals surface area (Å²) < 4.78 is 0. The lowest BCUT2D eigenvalue weighted by molar-refractivity contribution is -0.140. The highest BCUT2D eigenvalue weighted by atomic mass is 33.1. The number of carbonyl (C=O) groups is 3. The van der Waals surface area contributed by atoms with Gasteiger partial charge in [0.15, 0.2) is 11.6 Å². The van der Waals surface area contributed by atoms with Gasteiger partial charge in [0.2, 0.25) is 5.91 Å². The first-order chi connectivity index (χ1) is 13.1. The molecule has 5 nitrogen and oxygen atoms in total. The van der Waals surface area contributed by atoms with Gasteiger partial charge < -0.3 is 10.6 Å². The molecule has 2 N–H and O–H groups in total. The van der Waals surface area contributed by atoms with E-state index in [-0.39, 0.29) is 55.4 Å². The van der Waals surface area contributed by atoms with Crippen molar-refractivity contribution in [2.24, 2.45) is 23.5 Å². The van der Waals surface area contributed by atoms with Crippen LogP contribution >= 0.6 is 21.6 Å². The summed E-state index contributed by atoms with van der Waals surface area (Å²) in [6.45, 7) is 2.53. The van der Waals surface area contributed by atoms with Crippen molar-refractivity contribution in [3.05, 3.63) is 0 Å². The van der Waals surface area contributed by atoms with Crippen LogP contribution in [0.25, 0.3) is 0 Å². The van der Waals surface area contributed by atoms with Crippen LogP contribution in [-0.2, 0) is 14.4 Å². The molecule has 0 saturated heterocycles. The van der Waals surface area contributed by atoms with E-state index in [0.717, 1.165) is 56.5 Å². The van der Waals surface area contributed by atoms with Gasteiger partial charge in [0.05, 0.1) is 13.1 Å². The van der Waals surface area contributed by atoms with Gasteiger partial charge in [-0.05, 0) is 31.6 Å². The molecular formula is C20H34N2O3S2. The smallest absolute Gasteiger partial charge is 0.224 e. The van der Waals surface area contributed by atoms with Crippen molar-refractivity contribution >= 4 is 39.1 Å². The minimum absolute atomic E-state index is 0.0321. The first-order valence-electron chi connectivity index (χ1n) is 10.3. The Bertz CT molecular complexity index is 509. The lowest BCUT2D eigenvalue weighted by Gasteiger charge is -2.26. The average molecular weight is 415 g/mol. The Kier molecular flexibility index (Phi) is 10.2. The van der Waals surface area contributed by atoms with Crippen molar-refractivity contribution in [2.45, 2.75) is 58.3 Å². The van der Waals surface area contributed by atoms with Crippen LogP contribution in [-0.4, -0.2) is 53.5 Å². The Labute approximate surface area is 171 Å². The summed E-state index contributed by atoms with van der Waals surface area (Å²) in [5.41, 5.74) is 5.54. The predicted octanol–water partition coefficient (Wildman–Crippen LogP) is 3.31. The SMILES string of the molecule is CCSSCC1CCCC1C(=O)CN(CC(=O)C1CCCC1)C(=O)CCN. The molecule has 0 bridgehead atoms. The molecule has 0 aromatic carbocycles. The van der Waals surface area contributed by atoms with E-state index in [1.807, 2.05) is 21.6 Å². The molecule has 0 aromatic rings. The summed E-state index contributed by atoms with van der Waals surface area (Å²) in [5, 5.41) is 0. The van der Waals surface area contributed by atoms with Crippen LogP contribution in [0.2, 0.25) is 0 Å². The van der Waals surface area contributed by atoms with E-state index in [4.69, 9.17) is 5.73 Å². The molecule has 154 valence electrons. The third kappa shape index (κ3) is 7.09. The Balaban J connectivity index is 1.94. The van der Waals surface area contributed by atoms with Crippen molar-refractivity contribution in [3.63, 3.8) is 0 Å². The summed E-state index contributed by atoms with van der Waals surface area (Å²) in [5.74, 6) is 2.64. The zero-order valence-electron chi connectivity index (χ0n) is 16.5. The number of nitrogens with two attached hydrogens (primary N) is 1. The lowest BCUT2D eigenvalue weighted by Crippen LogP contribution is -2.43. The van der Waals surface area contributed by atoms with Gasteiger partial charge in [-0.25, -0.2) is 0 Å². The second kappa shape index (κ2) is 12.1. The molecule has 0 heterocycles. The second-order valence-electron chi connectivity index (χ2n) is 7.69. The number of hydrogen-bond donors (Lipinski definition) is 1. The number of Topliss-reactive ketones (excluding diaryl/α,β-unsaturated/α-hetero) is 2. The highest BCUT2D eigenvalue weighted by Crippen LogP contribution is 2.37. The molecule has 7 heteroatoms. The Hall–Kier alpha value is -0.530. The molecule has 2 aliphatic rings. The molecular weight excluding hydrogens is 380 g/mol. The molecule has 2 atom stereocenters. The first-order valence-corrected chi connectivity index (χ1v) is 12.8. The van der Waals surface area contributed by atoms with E-state index in [1.165, 1.54) is 4.90 Å². The van der Waals surface area contributed by atoms with Gasteiger partial charge in [0, 0.05) is 36.3 Å². The van der Waals surface area contributed by atoms with Crippen LogP contribution in [0.4, 0.5) is 0 Å². The Morgan fingerprint density at radius 1 is 0.963 bits per heavy atom. The van der Waals surface area contributed by atoms with Crippen LogP contribution in [0, 0.1) is 17.8 Å². The largest absolute Gasteiger partial charge is 0.330 e. The number of rotatable bonds is 12. The molecule has 2 fully saturated rings. The zero-order chi connectivity index (χ0) is 19.6. The zero-order valence-corrected chi connectivity index (χ0v) is 18.1. The van der Waals surface area contributed by atoms with Crippen molar-refractivity contribution in [1.82, 2.24) is 4.90 Å².